The summed E-state index contributed by atoms with van der Waals surface area (Å²) in [5.74, 6) is -2.05. The van der Waals surface area contributed by atoms with Crippen LogP contribution in [0.5, 0.6) is 0 Å². The summed E-state index contributed by atoms with van der Waals surface area (Å²) in [4.78, 5) is 19.3. The minimum absolute atomic E-state index is 0.356. The molecule has 0 fully saturated rings. The van der Waals surface area contributed by atoms with E-state index in [0.717, 1.165) is 6.07 Å². The number of carbonyl (C=O) groups is 1. The van der Waals surface area contributed by atoms with Crippen molar-refractivity contribution in [2.24, 2.45) is 0 Å². The number of benzene rings is 1. The monoisotopic (exact) mass is 328 g/mol. The first-order valence-electron chi connectivity index (χ1n) is 4.74. The Hall–Kier alpha value is -1.47. The van der Waals surface area contributed by atoms with Crippen LogP contribution in [0, 0.1) is 5.82 Å². The molecule has 1 aromatic carbocycles. The number of aromatic carboxylic acids is 1. The Morgan fingerprint density at radius 2 is 2.22 bits per heavy atom. The lowest BCUT2D eigenvalue weighted by Crippen LogP contribution is -2.00. The molecule has 18 heavy (non-hydrogen) atoms. The van der Waals surface area contributed by atoms with Crippen molar-refractivity contribution in [1.82, 2.24) is 9.97 Å². The number of nitrogens with zero attached hydrogens (tertiary/aromatic N) is 2. The van der Waals surface area contributed by atoms with Crippen LogP contribution in [0.25, 0.3) is 0 Å². The highest BCUT2D eigenvalue weighted by atomic mass is 79.9. The number of hydrogen-bond acceptors (Lipinski definition) is 4. The van der Waals surface area contributed by atoms with Crippen molar-refractivity contribution in [3.8, 4) is 0 Å². The van der Waals surface area contributed by atoms with Crippen LogP contribution in [0.15, 0.2) is 45.1 Å². The number of carboxylic acids is 1. The molecule has 92 valence electrons. The molecule has 0 aliphatic carbocycles. The number of halogens is 2. The molecule has 0 radical (unpaired) electrons. The van der Waals surface area contributed by atoms with Gasteiger partial charge in [0.2, 0.25) is 0 Å². The molecule has 0 amide bonds. The second-order valence-corrected chi connectivity index (χ2v) is 5.14. The molecule has 0 saturated heterocycles. The largest absolute Gasteiger partial charge is 0.478 e. The van der Waals surface area contributed by atoms with Crippen LogP contribution in [0.2, 0.25) is 0 Å². The molecule has 0 unspecified atom stereocenters. The minimum atomic E-state index is -1.29. The molecular formula is C11H6BrFN2O2S. The van der Waals surface area contributed by atoms with Gasteiger partial charge >= 0.3 is 5.97 Å². The van der Waals surface area contributed by atoms with E-state index in [9.17, 15) is 9.18 Å². The summed E-state index contributed by atoms with van der Waals surface area (Å²) < 4.78 is 13.9. The Kier molecular flexibility index (Phi) is 3.93. The first-order valence-corrected chi connectivity index (χ1v) is 6.35. The molecule has 1 heterocycles. The summed E-state index contributed by atoms with van der Waals surface area (Å²) >= 11 is 4.51. The van der Waals surface area contributed by atoms with Crippen molar-refractivity contribution >= 4 is 33.7 Å². The van der Waals surface area contributed by atoms with Gasteiger partial charge in [0.1, 0.15) is 17.2 Å². The average Bonchev–Trinajstić information content (AvgIpc) is 2.34. The number of carboxylic acid groups (broad SMARTS) is 1. The van der Waals surface area contributed by atoms with Gasteiger partial charge in [-0.25, -0.2) is 19.2 Å². The lowest BCUT2D eigenvalue weighted by molar-refractivity contribution is 0.0691. The van der Waals surface area contributed by atoms with Gasteiger partial charge in [0.05, 0.1) is 10.0 Å². The average molecular weight is 329 g/mol. The quantitative estimate of drug-likeness (QED) is 0.876. The Morgan fingerprint density at radius 3 is 2.89 bits per heavy atom. The van der Waals surface area contributed by atoms with Crippen molar-refractivity contribution in [2.75, 3.05) is 0 Å². The van der Waals surface area contributed by atoms with Gasteiger partial charge in [-0.05, 0) is 34.1 Å². The molecule has 0 saturated carbocycles. The number of hydrogen-bond donors (Lipinski definition) is 1. The second kappa shape index (κ2) is 5.45. The third-order valence-corrected chi connectivity index (χ3v) is 3.87. The Balaban J connectivity index is 2.33. The fourth-order valence-electron chi connectivity index (χ4n) is 1.22. The fraction of sp³-hybridized carbons (Fsp3) is 0. The zero-order valence-electron chi connectivity index (χ0n) is 8.80. The zero-order valence-corrected chi connectivity index (χ0v) is 11.2. The molecule has 0 bridgehead atoms. The molecule has 1 N–H and O–H groups in total. The molecule has 0 aliphatic heterocycles. The van der Waals surface area contributed by atoms with Crippen LogP contribution in [0.1, 0.15) is 10.4 Å². The highest BCUT2D eigenvalue weighted by Gasteiger charge is 2.12. The van der Waals surface area contributed by atoms with Gasteiger partial charge in [-0.3, -0.25) is 0 Å². The van der Waals surface area contributed by atoms with E-state index in [1.807, 2.05) is 0 Å². The highest BCUT2D eigenvalue weighted by molar-refractivity contribution is 9.10. The van der Waals surface area contributed by atoms with Crippen molar-refractivity contribution in [3.63, 3.8) is 0 Å². The first-order chi connectivity index (χ1) is 8.58. The molecule has 0 aliphatic rings. The summed E-state index contributed by atoms with van der Waals surface area (Å²) in [6.45, 7) is 0. The van der Waals surface area contributed by atoms with Crippen molar-refractivity contribution in [3.05, 3.63) is 46.6 Å². The first kappa shape index (κ1) is 13.0. The Morgan fingerprint density at radius 1 is 1.44 bits per heavy atom. The van der Waals surface area contributed by atoms with E-state index >= 15 is 0 Å². The molecule has 0 atom stereocenters. The summed E-state index contributed by atoms with van der Waals surface area (Å²) in [7, 11) is 0. The van der Waals surface area contributed by atoms with E-state index < -0.39 is 11.8 Å². The fourth-order valence-corrected chi connectivity index (χ4v) is 2.47. The van der Waals surface area contributed by atoms with Crippen LogP contribution in [0.3, 0.4) is 0 Å². The third kappa shape index (κ3) is 2.85. The maximum Gasteiger partial charge on any atom is 0.338 e. The number of rotatable bonds is 3. The van der Waals surface area contributed by atoms with E-state index in [0.29, 0.717) is 14.4 Å². The van der Waals surface area contributed by atoms with Gasteiger partial charge in [0, 0.05) is 11.1 Å². The molecule has 0 spiro atoms. The van der Waals surface area contributed by atoms with Gasteiger partial charge in [-0.2, -0.15) is 0 Å². The van der Waals surface area contributed by atoms with E-state index in [1.165, 1.54) is 30.2 Å². The van der Waals surface area contributed by atoms with Gasteiger partial charge < -0.3 is 5.11 Å². The van der Waals surface area contributed by atoms with Crippen LogP contribution in [-0.4, -0.2) is 21.0 Å². The van der Waals surface area contributed by atoms with Crippen molar-refractivity contribution in [2.45, 2.75) is 9.92 Å². The van der Waals surface area contributed by atoms with Crippen LogP contribution in [-0.2, 0) is 0 Å². The SMILES string of the molecule is O=C(O)c1cc(Sc2ncncc2Br)ccc1F. The lowest BCUT2D eigenvalue weighted by atomic mass is 10.2. The topological polar surface area (TPSA) is 63.1 Å². The Bertz CT molecular complexity index is 609. The van der Waals surface area contributed by atoms with E-state index in [-0.39, 0.29) is 5.56 Å². The normalized spacial score (nSPS) is 10.3. The number of aromatic nitrogens is 2. The second-order valence-electron chi connectivity index (χ2n) is 3.22. The predicted molar refractivity (Wildman–Crippen MR) is 67.2 cm³/mol. The minimum Gasteiger partial charge on any atom is -0.478 e. The van der Waals surface area contributed by atoms with E-state index in [4.69, 9.17) is 5.11 Å². The van der Waals surface area contributed by atoms with Crippen LogP contribution < -0.4 is 0 Å². The predicted octanol–water partition coefficient (Wildman–Crippen LogP) is 3.23. The van der Waals surface area contributed by atoms with Crippen molar-refractivity contribution in [1.29, 1.82) is 0 Å². The van der Waals surface area contributed by atoms with Crippen LogP contribution >= 0.6 is 27.7 Å². The summed E-state index contributed by atoms with van der Waals surface area (Å²) in [6.07, 6.45) is 2.96. The highest BCUT2D eigenvalue weighted by Crippen LogP contribution is 2.31. The maximum absolute atomic E-state index is 13.2. The summed E-state index contributed by atoms with van der Waals surface area (Å²) in [5, 5.41) is 9.46. The molecule has 1 aromatic heterocycles. The van der Waals surface area contributed by atoms with E-state index in [2.05, 4.69) is 25.9 Å². The third-order valence-electron chi connectivity index (χ3n) is 2.02. The lowest BCUT2D eigenvalue weighted by Gasteiger charge is -2.04. The summed E-state index contributed by atoms with van der Waals surface area (Å²) in [6, 6.07) is 3.90. The Labute approximate surface area is 114 Å². The molecule has 4 nitrogen and oxygen atoms in total. The van der Waals surface area contributed by atoms with E-state index in [1.54, 1.807) is 6.20 Å². The molecule has 2 aromatic rings. The van der Waals surface area contributed by atoms with Gasteiger partial charge in [0.25, 0.3) is 0 Å². The van der Waals surface area contributed by atoms with Crippen molar-refractivity contribution < 1.29 is 14.3 Å². The summed E-state index contributed by atoms with van der Waals surface area (Å²) in [5.41, 5.74) is -0.356. The zero-order chi connectivity index (χ0) is 13.1. The van der Waals surface area contributed by atoms with Gasteiger partial charge in [-0.1, -0.05) is 11.8 Å². The van der Waals surface area contributed by atoms with Crippen LogP contribution in [0.4, 0.5) is 4.39 Å². The maximum atomic E-state index is 13.2. The smallest absolute Gasteiger partial charge is 0.338 e. The standard InChI is InChI=1S/C11H6BrFN2O2S/c12-8-4-14-5-15-10(8)18-6-1-2-9(13)7(3-6)11(16)17/h1-5H,(H,16,17). The molecule has 2 rings (SSSR count). The molecule has 7 heteroatoms. The van der Waals surface area contributed by atoms with Gasteiger partial charge in [-0.15, -0.1) is 0 Å². The molecular weight excluding hydrogens is 323 g/mol. The van der Waals surface area contributed by atoms with Gasteiger partial charge in [0.15, 0.2) is 0 Å².